The Morgan fingerprint density at radius 1 is 1.56 bits per heavy atom. The fraction of sp³-hybridized carbons (Fsp3) is 0.692. The van der Waals surface area contributed by atoms with E-state index in [4.69, 9.17) is 0 Å². The Hall–Kier alpha value is -1.36. The Morgan fingerprint density at radius 2 is 2.39 bits per heavy atom. The summed E-state index contributed by atoms with van der Waals surface area (Å²) in [6.45, 7) is 4.51. The zero-order valence-electron chi connectivity index (χ0n) is 11.2. The first-order valence-corrected chi connectivity index (χ1v) is 6.65. The summed E-state index contributed by atoms with van der Waals surface area (Å²) in [5.74, 6) is 0.340. The topological polar surface area (TPSA) is 59.0 Å². The minimum atomic E-state index is 0.161. The van der Waals surface area contributed by atoms with E-state index in [0.29, 0.717) is 6.54 Å². The fourth-order valence-electron chi connectivity index (χ4n) is 2.43. The van der Waals surface area contributed by atoms with Crippen LogP contribution < -0.4 is 10.6 Å². The Morgan fingerprint density at radius 3 is 3.11 bits per heavy atom. The molecule has 5 heteroatoms. The number of amides is 1. The number of aryl methyl sites for hydroxylation is 2. The Kier molecular flexibility index (Phi) is 4.36. The summed E-state index contributed by atoms with van der Waals surface area (Å²) in [5, 5.41) is 10.6. The van der Waals surface area contributed by atoms with Crippen molar-refractivity contribution in [2.75, 3.05) is 13.1 Å². The Labute approximate surface area is 108 Å². The first-order valence-electron chi connectivity index (χ1n) is 6.65. The monoisotopic (exact) mass is 250 g/mol. The SMILES string of the molecule is Cc1cc(CNC(=O)[C@H]2CCCNCC2)n(C)n1. The van der Waals surface area contributed by atoms with Crippen molar-refractivity contribution in [3.8, 4) is 0 Å². The van der Waals surface area contributed by atoms with Gasteiger partial charge in [-0.3, -0.25) is 9.48 Å². The molecule has 0 spiro atoms. The largest absolute Gasteiger partial charge is 0.350 e. The van der Waals surface area contributed by atoms with Crippen LogP contribution in [0.5, 0.6) is 0 Å². The summed E-state index contributed by atoms with van der Waals surface area (Å²) in [6, 6.07) is 2.01. The lowest BCUT2D eigenvalue weighted by Gasteiger charge is -2.13. The summed E-state index contributed by atoms with van der Waals surface area (Å²) in [6.07, 6.45) is 3.02. The molecule has 2 N–H and O–H groups in total. The van der Waals surface area contributed by atoms with E-state index in [1.165, 1.54) is 0 Å². The van der Waals surface area contributed by atoms with E-state index in [1.54, 1.807) is 0 Å². The molecule has 0 aliphatic carbocycles. The van der Waals surface area contributed by atoms with Gasteiger partial charge >= 0.3 is 0 Å². The second-order valence-corrected chi connectivity index (χ2v) is 5.00. The van der Waals surface area contributed by atoms with Crippen molar-refractivity contribution in [3.05, 3.63) is 17.5 Å². The van der Waals surface area contributed by atoms with Gasteiger partial charge in [0.1, 0.15) is 0 Å². The lowest BCUT2D eigenvalue weighted by molar-refractivity contribution is -0.125. The average molecular weight is 250 g/mol. The van der Waals surface area contributed by atoms with Crippen LogP contribution in [0, 0.1) is 12.8 Å². The van der Waals surface area contributed by atoms with Crippen molar-refractivity contribution in [1.29, 1.82) is 0 Å². The maximum absolute atomic E-state index is 12.1. The molecule has 18 heavy (non-hydrogen) atoms. The standard InChI is InChI=1S/C13H22N4O/c1-10-8-12(17(2)16-10)9-15-13(18)11-4-3-6-14-7-5-11/h8,11,14H,3-7,9H2,1-2H3,(H,15,18)/t11-/m0/s1. The van der Waals surface area contributed by atoms with Gasteiger partial charge in [-0.1, -0.05) is 0 Å². The van der Waals surface area contributed by atoms with Crippen molar-refractivity contribution < 1.29 is 4.79 Å². The third-order valence-corrected chi connectivity index (χ3v) is 3.49. The van der Waals surface area contributed by atoms with Gasteiger partial charge in [-0.25, -0.2) is 0 Å². The van der Waals surface area contributed by atoms with Gasteiger partial charge in [-0.05, 0) is 45.3 Å². The van der Waals surface area contributed by atoms with E-state index < -0.39 is 0 Å². The van der Waals surface area contributed by atoms with Gasteiger partial charge in [0.2, 0.25) is 5.91 Å². The van der Waals surface area contributed by atoms with Crippen LogP contribution in [0.3, 0.4) is 0 Å². The molecule has 1 fully saturated rings. The summed E-state index contributed by atoms with van der Waals surface area (Å²) < 4.78 is 1.82. The number of nitrogens with one attached hydrogen (secondary N) is 2. The molecule has 1 aliphatic rings. The van der Waals surface area contributed by atoms with E-state index in [2.05, 4.69) is 15.7 Å². The fourth-order valence-corrected chi connectivity index (χ4v) is 2.43. The molecule has 5 nitrogen and oxygen atoms in total. The molecule has 2 rings (SSSR count). The molecule has 2 heterocycles. The lowest BCUT2D eigenvalue weighted by atomic mass is 10.00. The van der Waals surface area contributed by atoms with Gasteiger partial charge in [0, 0.05) is 13.0 Å². The van der Waals surface area contributed by atoms with Gasteiger partial charge in [0.25, 0.3) is 0 Å². The average Bonchev–Trinajstić information content (AvgIpc) is 2.59. The van der Waals surface area contributed by atoms with Crippen molar-refractivity contribution in [1.82, 2.24) is 20.4 Å². The molecular formula is C13H22N4O. The molecule has 1 atom stereocenters. The number of carbonyl (C=O) groups excluding carboxylic acids is 1. The highest BCUT2D eigenvalue weighted by molar-refractivity contribution is 5.78. The van der Waals surface area contributed by atoms with Crippen LogP contribution in [0.15, 0.2) is 6.07 Å². The Balaban J connectivity index is 1.85. The summed E-state index contributed by atoms with van der Waals surface area (Å²) in [5.41, 5.74) is 2.04. The smallest absolute Gasteiger partial charge is 0.223 e. The number of rotatable bonds is 3. The predicted octanol–water partition coefficient (Wildman–Crippen LogP) is 0.734. The molecule has 1 aromatic heterocycles. The van der Waals surface area contributed by atoms with E-state index in [-0.39, 0.29) is 11.8 Å². The van der Waals surface area contributed by atoms with Gasteiger partial charge in [-0.2, -0.15) is 5.10 Å². The van der Waals surface area contributed by atoms with Gasteiger partial charge < -0.3 is 10.6 Å². The molecular weight excluding hydrogens is 228 g/mol. The van der Waals surface area contributed by atoms with Crippen molar-refractivity contribution in [2.45, 2.75) is 32.7 Å². The van der Waals surface area contributed by atoms with Crippen LogP contribution in [0.25, 0.3) is 0 Å². The van der Waals surface area contributed by atoms with Crippen LogP contribution in [-0.2, 0) is 18.4 Å². The van der Waals surface area contributed by atoms with Crippen LogP contribution in [0.4, 0.5) is 0 Å². The molecule has 1 aromatic rings. The van der Waals surface area contributed by atoms with E-state index in [1.807, 2.05) is 24.7 Å². The van der Waals surface area contributed by atoms with Crippen molar-refractivity contribution >= 4 is 5.91 Å². The molecule has 0 bridgehead atoms. The molecule has 0 radical (unpaired) electrons. The minimum Gasteiger partial charge on any atom is -0.350 e. The molecule has 100 valence electrons. The number of carbonyl (C=O) groups is 1. The van der Waals surface area contributed by atoms with Crippen LogP contribution in [-0.4, -0.2) is 28.8 Å². The van der Waals surface area contributed by atoms with Crippen LogP contribution in [0.2, 0.25) is 0 Å². The third kappa shape index (κ3) is 3.32. The molecule has 0 saturated carbocycles. The zero-order valence-corrected chi connectivity index (χ0v) is 11.2. The first kappa shape index (κ1) is 13.1. The maximum atomic E-state index is 12.1. The van der Waals surface area contributed by atoms with Crippen LogP contribution >= 0.6 is 0 Å². The number of nitrogens with zero attached hydrogens (tertiary/aromatic N) is 2. The predicted molar refractivity (Wildman–Crippen MR) is 70.0 cm³/mol. The molecule has 1 amide bonds. The van der Waals surface area contributed by atoms with Gasteiger partial charge in [-0.15, -0.1) is 0 Å². The van der Waals surface area contributed by atoms with E-state index >= 15 is 0 Å². The number of aromatic nitrogens is 2. The zero-order chi connectivity index (χ0) is 13.0. The van der Waals surface area contributed by atoms with E-state index in [9.17, 15) is 4.79 Å². The normalized spacial score (nSPS) is 20.4. The summed E-state index contributed by atoms with van der Waals surface area (Å²) >= 11 is 0. The maximum Gasteiger partial charge on any atom is 0.223 e. The summed E-state index contributed by atoms with van der Waals surface area (Å²) in [4.78, 5) is 12.1. The van der Waals surface area contributed by atoms with Gasteiger partial charge in [0.05, 0.1) is 17.9 Å². The summed E-state index contributed by atoms with van der Waals surface area (Å²) in [7, 11) is 1.91. The second-order valence-electron chi connectivity index (χ2n) is 5.00. The number of hydrogen-bond acceptors (Lipinski definition) is 3. The molecule has 1 saturated heterocycles. The third-order valence-electron chi connectivity index (χ3n) is 3.49. The highest BCUT2D eigenvalue weighted by atomic mass is 16.1. The van der Waals surface area contributed by atoms with Crippen molar-refractivity contribution in [2.24, 2.45) is 13.0 Å². The molecule has 1 aliphatic heterocycles. The second kappa shape index (κ2) is 6.00. The van der Waals surface area contributed by atoms with E-state index in [0.717, 1.165) is 43.7 Å². The van der Waals surface area contributed by atoms with Crippen molar-refractivity contribution in [3.63, 3.8) is 0 Å². The molecule has 0 unspecified atom stereocenters. The lowest BCUT2D eigenvalue weighted by Crippen LogP contribution is -2.31. The first-order chi connectivity index (χ1) is 8.66. The Bertz CT molecular complexity index is 405. The molecule has 0 aromatic carbocycles. The van der Waals surface area contributed by atoms with Gasteiger partial charge in [0.15, 0.2) is 0 Å². The highest BCUT2D eigenvalue weighted by Crippen LogP contribution is 2.13. The number of hydrogen-bond donors (Lipinski definition) is 2. The van der Waals surface area contributed by atoms with Crippen LogP contribution in [0.1, 0.15) is 30.7 Å². The highest BCUT2D eigenvalue weighted by Gasteiger charge is 2.19. The quantitative estimate of drug-likeness (QED) is 0.831. The minimum absolute atomic E-state index is 0.161.